The molecule has 23 heavy (non-hydrogen) atoms. The number of thiazole rings is 1. The second-order valence-corrected chi connectivity index (χ2v) is 6.80. The summed E-state index contributed by atoms with van der Waals surface area (Å²) < 4.78 is 1.78. The van der Waals surface area contributed by atoms with Crippen LogP contribution in [0.2, 0.25) is 0 Å². The minimum absolute atomic E-state index is 0.0707. The Kier molecular flexibility index (Phi) is 4.47. The van der Waals surface area contributed by atoms with Crippen LogP contribution in [0.5, 0.6) is 0 Å². The van der Waals surface area contributed by atoms with Crippen molar-refractivity contribution in [2.75, 3.05) is 13.2 Å². The van der Waals surface area contributed by atoms with Crippen molar-refractivity contribution in [2.45, 2.75) is 39.0 Å². The van der Waals surface area contributed by atoms with Crippen LogP contribution in [0.25, 0.3) is 0 Å². The zero-order chi connectivity index (χ0) is 16.6. The van der Waals surface area contributed by atoms with Crippen molar-refractivity contribution >= 4 is 17.2 Å². The standard InChI is InChI=1S/C15H20N4O3S/c1-9(2)12-8-23-14(16-12)15(22)18-3-4-19-10(6-18)5-11(17-19)13(21)7-20/h5,8-9,13,20-21H,3-4,6-7H2,1-2H3/t13-/m0/s1. The largest absolute Gasteiger partial charge is 0.393 e. The number of fused-ring (bicyclic) bond motifs is 1. The molecule has 0 saturated carbocycles. The smallest absolute Gasteiger partial charge is 0.283 e. The van der Waals surface area contributed by atoms with Gasteiger partial charge in [-0.05, 0) is 12.0 Å². The normalized spacial score (nSPS) is 15.8. The Morgan fingerprint density at radius 1 is 1.39 bits per heavy atom. The summed E-state index contributed by atoms with van der Waals surface area (Å²) in [5.41, 5.74) is 2.23. The van der Waals surface area contributed by atoms with E-state index >= 15 is 0 Å². The van der Waals surface area contributed by atoms with E-state index in [1.54, 1.807) is 15.6 Å². The Balaban J connectivity index is 1.75. The zero-order valence-corrected chi connectivity index (χ0v) is 14.0. The third kappa shape index (κ3) is 3.15. The molecule has 2 aromatic rings. The van der Waals surface area contributed by atoms with Crippen LogP contribution in [0.15, 0.2) is 11.4 Å². The minimum Gasteiger partial charge on any atom is -0.393 e. The van der Waals surface area contributed by atoms with Crippen molar-refractivity contribution in [3.05, 3.63) is 33.5 Å². The van der Waals surface area contributed by atoms with Crippen LogP contribution in [-0.4, -0.2) is 48.9 Å². The van der Waals surface area contributed by atoms with Gasteiger partial charge in [0.1, 0.15) is 6.10 Å². The molecule has 2 N–H and O–H groups in total. The van der Waals surface area contributed by atoms with Crippen molar-refractivity contribution in [3.63, 3.8) is 0 Å². The molecule has 0 aromatic carbocycles. The number of carbonyl (C=O) groups is 1. The molecule has 0 spiro atoms. The summed E-state index contributed by atoms with van der Waals surface area (Å²) >= 11 is 1.38. The van der Waals surface area contributed by atoms with Crippen molar-refractivity contribution in [3.8, 4) is 0 Å². The third-order valence-electron chi connectivity index (χ3n) is 3.91. The minimum atomic E-state index is -0.982. The van der Waals surface area contributed by atoms with Gasteiger partial charge in [-0.3, -0.25) is 9.48 Å². The molecule has 2 aromatic heterocycles. The molecule has 0 saturated heterocycles. The summed E-state index contributed by atoms with van der Waals surface area (Å²) in [6.07, 6.45) is -0.982. The first kappa shape index (κ1) is 16.1. The number of aromatic nitrogens is 3. The van der Waals surface area contributed by atoms with Gasteiger partial charge in [0.05, 0.1) is 36.8 Å². The van der Waals surface area contributed by atoms with Crippen LogP contribution < -0.4 is 0 Å². The van der Waals surface area contributed by atoms with Crippen LogP contribution in [-0.2, 0) is 13.1 Å². The van der Waals surface area contributed by atoms with Crippen molar-refractivity contribution in [1.82, 2.24) is 19.7 Å². The molecular formula is C15H20N4O3S. The number of hydrogen-bond acceptors (Lipinski definition) is 6. The molecule has 1 atom stereocenters. The van der Waals surface area contributed by atoms with Gasteiger partial charge in [0.25, 0.3) is 5.91 Å². The number of carbonyl (C=O) groups excluding carboxylic acids is 1. The van der Waals surface area contributed by atoms with E-state index in [-0.39, 0.29) is 12.5 Å². The van der Waals surface area contributed by atoms with Crippen molar-refractivity contribution in [1.29, 1.82) is 0 Å². The SMILES string of the molecule is CC(C)c1csc(C(=O)N2CCn3nc([C@@H](O)CO)cc3C2)n1. The van der Waals surface area contributed by atoms with Crippen LogP contribution in [0.1, 0.15) is 52.8 Å². The van der Waals surface area contributed by atoms with Gasteiger partial charge in [-0.2, -0.15) is 5.10 Å². The summed E-state index contributed by atoms with van der Waals surface area (Å²) in [5, 5.41) is 25.4. The average molecular weight is 336 g/mol. The molecule has 0 bridgehead atoms. The maximum Gasteiger partial charge on any atom is 0.283 e. The summed E-state index contributed by atoms with van der Waals surface area (Å²) in [4.78, 5) is 18.8. The molecule has 0 aliphatic carbocycles. The Morgan fingerprint density at radius 3 is 2.83 bits per heavy atom. The fourth-order valence-electron chi connectivity index (χ4n) is 2.50. The lowest BCUT2D eigenvalue weighted by molar-refractivity contribution is 0.0704. The number of amides is 1. The first-order chi connectivity index (χ1) is 11.0. The molecule has 1 amide bonds. The summed E-state index contributed by atoms with van der Waals surface area (Å²) in [5.74, 6) is 0.233. The van der Waals surface area contributed by atoms with Gasteiger partial charge in [0.15, 0.2) is 5.01 Å². The van der Waals surface area contributed by atoms with E-state index in [1.807, 2.05) is 5.38 Å². The molecule has 0 fully saturated rings. The molecule has 7 nitrogen and oxygen atoms in total. The molecular weight excluding hydrogens is 316 g/mol. The van der Waals surface area contributed by atoms with E-state index < -0.39 is 6.10 Å². The van der Waals surface area contributed by atoms with E-state index in [1.165, 1.54) is 11.3 Å². The summed E-state index contributed by atoms with van der Waals surface area (Å²) in [6, 6.07) is 1.74. The Bertz CT molecular complexity index is 709. The van der Waals surface area contributed by atoms with Crippen LogP contribution in [0.3, 0.4) is 0 Å². The topological polar surface area (TPSA) is 91.5 Å². The fourth-order valence-corrected chi connectivity index (χ4v) is 3.45. The molecule has 124 valence electrons. The molecule has 3 rings (SSSR count). The number of hydrogen-bond donors (Lipinski definition) is 2. The second-order valence-electron chi connectivity index (χ2n) is 5.94. The highest BCUT2D eigenvalue weighted by atomic mass is 32.1. The van der Waals surface area contributed by atoms with Gasteiger partial charge >= 0.3 is 0 Å². The maximum absolute atomic E-state index is 12.6. The van der Waals surface area contributed by atoms with Crippen molar-refractivity contribution in [2.24, 2.45) is 0 Å². The Morgan fingerprint density at radius 2 is 2.17 bits per heavy atom. The number of aliphatic hydroxyl groups is 2. The lowest BCUT2D eigenvalue weighted by atomic mass is 10.2. The highest BCUT2D eigenvalue weighted by molar-refractivity contribution is 7.11. The van der Waals surface area contributed by atoms with Crippen LogP contribution in [0, 0.1) is 0 Å². The number of nitrogens with zero attached hydrogens (tertiary/aromatic N) is 4. The molecule has 1 aliphatic rings. The van der Waals surface area contributed by atoms with E-state index in [9.17, 15) is 9.90 Å². The van der Waals surface area contributed by atoms with Gasteiger partial charge < -0.3 is 15.1 Å². The maximum atomic E-state index is 12.6. The first-order valence-electron chi connectivity index (χ1n) is 7.59. The highest BCUT2D eigenvalue weighted by Gasteiger charge is 2.26. The second kappa shape index (κ2) is 6.38. The predicted octanol–water partition coefficient (Wildman–Crippen LogP) is 1.14. The van der Waals surface area contributed by atoms with Gasteiger partial charge in [-0.25, -0.2) is 4.98 Å². The quantitative estimate of drug-likeness (QED) is 0.874. The Hall–Kier alpha value is -1.77. The van der Waals surface area contributed by atoms with Gasteiger partial charge in [-0.15, -0.1) is 11.3 Å². The van der Waals surface area contributed by atoms with Gasteiger partial charge in [0, 0.05) is 11.9 Å². The van der Waals surface area contributed by atoms with E-state index in [2.05, 4.69) is 23.9 Å². The summed E-state index contributed by atoms with van der Waals surface area (Å²) in [6.45, 7) is 5.30. The summed E-state index contributed by atoms with van der Waals surface area (Å²) in [7, 11) is 0. The zero-order valence-electron chi connectivity index (χ0n) is 13.1. The first-order valence-corrected chi connectivity index (χ1v) is 8.47. The van der Waals surface area contributed by atoms with Crippen molar-refractivity contribution < 1.29 is 15.0 Å². The Labute approximate surface area is 138 Å². The van der Waals surface area contributed by atoms with Crippen LogP contribution in [0.4, 0.5) is 0 Å². The molecule has 3 heterocycles. The lowest BCUT2D eigenvalue weighted by Crippen LogP contribution is -2.38. The fraction of sp³-hybridized carbons (Fsp3) is 0.533. The average Bonchev–Trinajstić information content (AvgIpc) is 3.19. The highest BCUT2D eigenvalue weighted by Crippen LogP contribution is 2.22. The monoisotopic (exact) mass is 336 g/mol. The molecule has 0 unspecified atom stereocenters. The number of rotatable bonds is 4. The third-order valence-corrected chi connectivity index (χ3v) is 4.76. The molecule has 0 radical (unpaired) electrons. The molecule has 1 aliphatic heterocycles. The van der Waals surface area contributed by atoms with E-state index in [0.29, 0.717) is 36.3 Å². The lowest BCUT2D eigenvalue weighted by Gasteiger charge is -2.26. The predicted molar refractivity (Wildman–Crippen MR) is 85.2 cm³/mol. The molecule has 8 heteroatoms. The van der Waals surface area contributed by atoms with Gasteiger partial charge in [-0.1, -0.05) is 13.8 Å². The van der Waals surface area contributed by atoms with Crippen LogP contribution >= 0.6 is 11.3 Å². The van der Waals surface area contributed by atoms with Gasteiger partial charge in [0.2, 0.25) is 0 Å². The number of aliphatic hydroxyl groups excluding tert-OH is 2. The van der Waals surface area contributed by atoms with E-state index in [0.717, 1.165) is 11.4 Å². The van der Waals surface area contributed by atoms with E-state index in [4.69, 9.17) is 5.11 Å².